The van der Waals surface area contributed by atoms with Crippen molar-refractivity contribution >= 4 is 11.9 Å². The molecule has 25 heavy (non-hydrogen) atoms. The minimum Gasteiger partial charge on any atom is -0.480 e. The molecule has 2 atom stereocenters. The Bertz CT molecular complexity index is 718. The summed E-state index contributed by atoms with van der Waals surface area (Å²) in [5.74, 6) is -2.03. The van der Waals surface area contributed by atoms with Crippen molar-refractivity contribution in [3.63, 3.8) is 0 Å². The molecular weight excluding hydrogens is 321 g/mol. The lowest BCUT2D eigenvalue weighted by Crippen LogP contribution is -2.44. The molecule has 0 saturated heterocycles. The number of hydrogen-bond donors (Lipinski definition) is 2. The molecule has 1 amide bonds. The SMILES string of the molecule is CC(CCc1cccc(F)c1)C(=O)N[C@@H](Cc1ccccc1)C(=O)O. The first-order chi connectivity index (χ1) is 12.0. The van der Waals surface area contributed by atoms with Crippen LogP contribution in [0.15, 0.2) is 54.6 Å². The molecule has 0 bridgehead atoms. The number of benzene rings is 2. The van der Waals surface area contributed by atoms with Crippen LogP contribution in [0.1, 0.15) is 24.5 Å². The molecule has 0 aliphatic heterocycles. The summed E-state index contributed by atoms with van der Waals surface area (Å²) in [6.45, 7) is 1.75. The maximum atomic E-state index is 13.2. The quantitative estimate of drug-likeness (QED) is 0.773. The molecule has 5 heteroatoms. The summed E-state index contributed by atoms with van der Waals surface area (Å²) in [5.41, 5.74) is 1.67. The third kappa shape index (κ3) is 6.03. The second kappa shape index (κ2) is 8.97. The van der Waals surface area contributed by atoms with E-state index in [-0.39, 0.29) is 24.1 Å². The molecule has 2 rings (SSSR count). The van der Waals surface area contributed by atoms with Gasteiger partial charge in [-0.2, -0.15) is 0 Å². The molecule has 2 aromatic rings. The second-order valence-electron chi connectivity index (χ2n) is 6.16. The maximum absolute atomic E-state index is 13.2. The topological polar surface area (TPSA) is 66.4 Å². The van der Waals surface area contributed by atoms with Gasteiger partial charge in [-0.1, -0.05) is 49.4 Å². The van der Waals surface area contributed by atoms with Gasteiger partial charge in [0, 0.05) is 12.3 Å². The molecule has 0 radical (unpaired) electrons. The Labute approximate surface area is 146 Å². The Morgan fingerprint density at radius 3 is 2.40 bits per heavy atom. The summed E-state index contributed by atoms with van der Waals surface area (Å²) in [4.78, 5) is 23.7. The number of carboxylic acid groups (broad SMARTS) is 1. The van der Waals surface area contributed by atoms with E-state index in [0.717, 1.165) is 11.1 Å². The lowest BCUT2D eigenvalue weighted by Gasteiger charge is -2.18. The van der Waals surface area contributed by atoms with Crippen LogP contribution in [-0.4, -0.2) is 23.0 Å². The van der Waals surface area contributed by atoms with Crippen molar-refractivity contribution < 1.29 is 19.1 Å². The Morgan fingerprint density at radius 2 is 1.76 bits per heavy atom. The minimum atomic E-state index is -1.06. The van der Waals surface area contributed by atoms with Gasteiger partial charge < -0.3 is 10.4 Å². The van der Waals surface area contributed by atoms with Crippen LogP contribution in [0.5, 0.6) is 0 Å². The molecule has 132 valence electrons. The first-order valence-electron chi connectivity index (χ1n) is 8.27. The average Bonchev–Trinajstić information content (AvgIpc) is 2.60. The Hall–Kier alpha value is -2.69. The number of amides is 1. The zero-order chi connectivity index (χ0) is 18.2. The first-order valence-corrected chi connectivity index (χ1v) is 8.27. The van der Waals surface area contributed by atoms with Gasteiger partial charge in [-0.25, -0.2) is 9.18 Å². The van der Waals surface area contributed by atoms with Gasteiger partial charge in [0.15, 0.2) is 0 Å². The van der Waals surface area contributed by atoms with Gasteiger partial charge in [0.1, 0.15) is 11.9 Å². The van der Waals surface area contributed by atoms with E-state index in [0.29, 0.717) is 12.8 Å². The number of aryl methyl sites for hydroxylation is 1. The third-order valence-electron chi connectivity index (χ3n) is 4.10. The summed E-state index contributed by atoms with van der Waals surface area (Å²) < 4.78 is 13.2. The predicted molar refractivity (Wildman–Crippen MR) is 93.6 cm³/mol. The molecule has 1 unspecified atom stereocenters. The lowest BCUT2D eigenvalue weighted by molar-refractivity contribution is -0.142. The van der Waals surface area contributed by atoms with Crippen molar-refractivity contribution in [1.29, 1.82) is 0 Å². The van der Waals surface area contributed by atoms with Gasteiger partial charge in [-0.15, -0.1) is 0 Å². The van der Waals surface area contributed by atoms with Crippen LogP contribution in [0.3, 0.4) is 0 Å². The van der Waals surface area contributed by atoms with Gasteiger partial charge in [-0.05, 0) is 36.1 Å². The van der Waals surface area contributed by atoms with E-state index < -0.39 is 12.0 Å². The van der Waals surface area contributed by atoms with E-state index in [4.69, 9.17) is 0 Å². The van der Waals surface area contributed by atoms with Crippen LogP contribution in [0.25, 0.3) is 0 Å². The highest BCUT2D eigenvalue weighted by Gasteiger charge is 2.23. The third-order valence-corrected chi connectivity index (χ3v) is 4.10. The zero-order valence-electron chi connectivity index (χ0n) is 14.1. The van der Waals surface area contributed by atoms with Gasteiger partial charge in [-0.3, -0.25) is 4.79 Å². The van der Waals surface area contributed by atoms with E-state index in [9.17, 15) is 19.1 Å². The van der Waals surface area contributed by atoms with Crippen molar-refractivity contribution in [3.05, 3.63) is 71.5 Å². The molecule has 0 fully saturated rings. The number of carboxylic acids is 1. The van der Waals surface area contributed by atoms with Gasteiger partial charge in [0.05, 0.1) is 0 Å². The highest BCUT2D eigenvalue weighted by atomic mass is 19.1. The molecule has 0 heterocycles. The molecular formula is C20H22FNO3. The van der Waals surface area contributed by atoms with Crippen LogP contribution in [0.4, 0.5) is 4.39 Å². The molecule has 0 aliphatic rings. The molecule has 2 N–H and O–H groups in total. The smallest absolute Gasteiger partial charge is 0.326 e. The summed E-state index contributed by atoms with van der Waals surface area (Å²) in [6, 6.07) is 14.5. The van der Waals surface area contributed by atoms with Crippen molar-refractivity contribution in [2.24, 2.45) is 5.92 Å². The molecule has 0 spiro atoms. The first kappa shape index (κ1) is 18.6. The monoisotopic (exact) mass is 343 g/mol. The number of hydrogen-bond acceptors (Lipinski definition) is 2. The van der Waals surface area contributed by atoms with E-state index in [1.54, 1.807) is 13.0 Å². The van der Waals surface area contributed by atoms with Gasteiger partial charge in [0.2, 0.25) is 5.91 Å². The predicted octanol–water partition coefficient (Wildman–Crippen LogP) is 3.21. The number of nitrogens with one attached hydrogen (secondary N) is 1. The van der Waals surface area contributed by atoms with E-state index in [2.05, 4.69) is 5.32 Å². The number of aliphatic carboxylic acids is 1. The highest BCUT2D eigenvalue weighted by molar-refractivity contribution is 5.85. The Kier molecular flexibility index (Phi) is 6.69. The maximum Gasteiger partial charge on any atom is 0.326 e. The van der Waals surface area contributed by atoms with E-state index in [1.807, 2.05) is 36.4 Å². The highest BCUT2D eigenvalue weighted by Crippen LogP contribution is 2.12. The van der Waals surface area contributed by atoms with Gasteiger partial charge >= 0.3 is 5.97 Å². The van der Waals surface area contributed by atoms with Crippen LogP contribution in [-0.2, 0) is 22.4 Å². The molecule has 4 nitrogen and oxygen atoms in total. The number of carbonyl (C=O) groups excluding carboxylic acids is 1. The largest absolute Gasteiger partial charge is 0.480 e. The summed E-state index contributed by atoms with van der Waals surface area (Å²) >= 11 is 0. The van der Waals surface area contributed by atoms with Crippen molar-refractivity contribution in [2.45, 2.75) is 32.2 Å². The van der Waals surface area contributed by atoms with E-state index >= 15 is 0 Å². The Morgan fingerprint density at radius 1 is 1.08 bits per heavy atom. The van der Waals surface area contributed by atoms with Crippen molar-refractivity contribution in [3.8, 4) is 0 Å². The standard InChI is InChI=1S/C20H22FNO3/c1-14(10-11-16-8-5-9-17(21)12-16)19(23)22-18(20(24)25)13-15-6-3-2-4-7-15/h2-9,12,14,18H,10-11,13H2,1H3,(H,22,23)(H,24,25)/t14?,18-/m0/s1. The van der Waals surface area contributed by atoms with Gasteiger partial charge in [0.25, 0.3) is 0 Å². The summed E-state index contributed by atoms with van der Waals surface area (Å²) in [7, 11) is 0. The van der Waals surface area contributed by atoms with E-state index in [1.165, 1.54) is 12.1 Å². The minimum absolute atomic E-state index is 0.235. The number of carbonyl (C=O) groups is 2. The Balaban J connectivity index is 1.90. The number of halogens is 1. The van der Waals surface area contributed by atoms with Crippen LogP contribution < -0.4 is 5.32 Å². The van der Waals surface area contributed by atoms with Crippen LogP contribution >= 0.6 is 0 Å². The molecule has 0 saturated carbocycles. The zero-order valence-corrected chi connectivity index (χ0v) is 14.1. The fourth-order valence-electron chi connectivity index (χ4n) is 2.57. The fourth-order valence-corrected chi connectivity index (χ4v) is 2.57. The fraction of sp³-hybridized carbons (Fsp3) is 0.300. The lowest BCUT2D eigenvalue weighted by atomic mass is 9.99. The summed E-state index contributed by atoms with van der Waals surface area (Å²) in [6.07, 6.45) is 1.31. The van der Waals surface area contributed by atoms with Crippen molar-refractivity contribution in [2.75, 3.05) is 0 Å². The molecule has 2 aromatic carbocycles. The van der Waals surface area contributed by atoms with Crippen LogP contribution in [0, 0.1) is 11.7 Å². The average molecular weight is 343 g/mol. The molecule has 0 aliphatic carbocycles. The summed E-state index contributed by atoms with van der Waals surface area (Å²) in [5, 5.41) is 11.9. The van der Waals surface area contributed by atoms with Crippen molar-refractivity contribution in [1.82, 2.24) is 5.32 Å². The molecule has 0 aromatic heterocycles. The van der Waals surface area contributed by atoms with Crippen LogP contribution in [0.2, 0.25) is 0 Å². The second-order valence-corrected chi connectivity index (χ2v) is 6.16. The number of rotatable bonds is 8. The normalized spacial score (nSPS) is 13.0.